The number of carboxylic acid groups (broad SMARTS) is 2. The standard InChI is InChI=1S/C27H42N6O9S/c1-14(2)22(26(40)32-20(27(41)42)11-15-6-8-16(34)9-7-15)33-25(39)19(12-21(35)36)31-24(38)18(5-3-4-10-28)30-23(37)17(29)13-43/h6-9,14,17-20,22,34,43H,3-5,10-13,28-29H2,1-2H3,(H,30,37)(H,31,38)(H,32,40)(H,33,39)(H,35,36)(H,41,42)/t17-,18-,19-,20-,22-/m0/s1. The van der Waals surface area contributed by atoms with Gasteiger partial charge in [0.25, 0.3) is 0 Å². The van der Waals surface area contributed by atoms with E-state index in [1.165, 1.54) is 24.3 Å². The highest BCUT2D eigenvalue weighted by molar-refractivity contribution is 7.80. The Morgan fingerprint density at radius 3 is 1.88 bits per heavy atom. The molecule has 0 fully saturated rings. The van der Waals surface area contributed by atoms with Crippen LogP contribution in [0.5, 0.6) is 5.75 Å². The van der Waals surface area contributed by atoms with Crippen molar-refractivity contribution in [2.45, 2.75) is 76.2 Å². The molecule has 0 spiro atoms. The molecule has 0 aromatic heterocycles. The second-order valence-electron chi connectivity index (χ2n) is 10.3. The highest BCUT2D eigenvalue weighted by Crippen LogP contribution is 2.12. The number of nitrogens with two attached hydrogens (primary N) is 2. The number of carboxylic acids is 2. The minimum Gasteiger partial charge on any atom is -0.508 e. The average Bonchev–Trinajstić information content (AvgIpc) is 2.94. The van der Waals surface area contributed by atoms with Gasteiger partial charge in [0, 0.05) is 12.2 Å². The molecule has 0 saturated heterocycles. The van der Waals surface area contributed by atoms with E-state index in [9.17, 15) is 44.1 Å². The first-order valence-electron chi connectivity index (χ1n) is 13.7. The van der Waals surface area contributed by atoms with E-state index in [0.717, 1.165) is 0 Å². The monoisotopic (exact) mass is 626 g/mol. The van der Waals surface area contributed by atoms with Gasteiger partial charge in [-0.2, -0.15) is 12.6 Å². The lowest BCUT2D eigenvalue weighted by Gasteiger charge is -2.27. The summed E-state index contributed by atoms with van der Waals surface area (Å²) in [5, 5.41) is 38.1. The fourth-order valence-corrected chi connectivity index (χ4v) is 4.06. The van der Waals surface area contributed by atoms with Gasteiger partial charge < -0.3 is 48.1 Å². The van der Waals surface area contributed by atoms with Gasteiger partial charge in [-0.25, -0.2) is 4.79 Å². The minimum atomic E-state index is -1.64. The Balaban J connectivity index is 3.09. The van der Waals surface area contributed by atoms with Gasteiger partial charge in [-0.05, 0) is 49.4 Å². The molecule has 0 aliphatic carbocycles. The summed E-state index contributed by atoms with van der Waals surface area (Å²) in [4.78, 5) is 75.1. The Bertz CT molecular complexity index is 1120. The van der Waals surface area contributed by atoms with Crippen molar-refractivity contribution in [3.8, 4) is 5.75 Å². The number of phenolic OH excluding ortho intramolecular Hbond substituents is 1. The number of carbonyl (C=O) groups is 6. The number of unbranched alkanes of at least 4 members (excludes halogenated alkanes) is 1. The van der Waals surface area contributed by atoms with Crippen molar-refractivity contribution in [2.75, 3.05) is 12.3 Å². The third-order valence-corrected chi connectivity index (χ3v) is 6.76. The number of carbonyl (C=O) groups excluding carboxylic acids is 4. The Kier molecular flexibility index (Phi) is 16.1. The van der Waals surface area contributed by atoms with E-state index in [1.807, 2.05) is 0 Å². The third-order valence-electron chi connectivity index (χ3n) is 6.36. The maximum atomic E-state index is 13.2. The fraction of sp³-hybridized carbons (Fsp3) is 0.556. The third kappa shape index (κ3) is 13.3. The van der Waals surface area contributed by atoms with Crippen molar-refractivity contribution in [1.29, 1.82) is 0 Å². The number of thiol groups is 1. The summed E-state index contributed by atoms with van der Waals surface area (Å²) >= 11 is 3.96. The number of hydrogen-bond acceptors (Lipinski definition) is 10. The number of hydrogen-bond donors (Lipinski definition) is 10. The van der Waals surface area contributed by atoms with Crippen LogP contribution < -0.4 is 32.7 Å². The van der Waals surface area contributed by atoms with Crippen molar-refractivity contribution in [1.82, 2.24) is 21.3 Å². The van der Waals surface area contributed by atoms with Gasteiger partial charge in [-0.3, -0.25) is 24.0 Å². The van der Waals surface area contributed by atoms with Crippen LogP contribution in [-0.2, 0) is 35.2 Å². The van der Waals surface area contributed by atoms with E-state index in [-0.39, 0.29) is 24.3 Å². The van der Waals surface area contributed by atoms with Gasteiger partial charge in [-0.1, -0.05) is 26.0 Å². The van der Waals surface area contributed by atoms with E-state index in [1.54, 1.807) is 13.8 Å². The topological polar surface area (TPSA) is 263 Å². The molecule has 0 unspecified atom stereocenters. The molecule has 0 radical (unpaired) electrons. The lowest BCUT2D eigenvalue weighted by atomic mass is 10.0. The van der Waals surface area contributed by atoms with Gasteiger partial charge >= 0.3 is 11.9 Å². The summed E-state index contributed by atoms with van der Waals surface area (Å²) in [5.41, 5.74) is 11.7. The zero-order valence-corrected chi connectivity index (χ0v) is 25.0. The Morgan fingerprint density at radius 2 is 1.37 bits per heavy atom. The lowest BCUT2D eigenvalue weighted by Crippen LogP contribution is -2.60. The molecule has 0 aliphatic heterocycles. The van der Waals surface area contributed by atoms with Crippen LogP contribution in [0.25, 0.3) is 0 Å². The molecule has 0 aliphatic rings. The normalized spacial score (nSPS) is 14.5. The molecular formula is C27H42N6O9S. The SMILES string of the molecule is CC(C)[C@H](NC(=O)[C@H](CC(=O)O)NC(=O)[C@H](CCCCN)NC(=O)[C@@H](N)CS)C(=O)N[C@@H](Cc1ccc(O)cc1)C(=O)O. The zero-order valence-electron chi connectivity index (χ0n) is 24.1. The molecule has 43 heavy (non-hydrogen) atoms. The Hall–Kier alpha value is -3.89. The van der Waals surface area contributed by atoms with Crippen LogP contribution in [0, 0.1) is 5.92 Å². The first kappa shape index (κ1) is 37.1. The van der Waals surface area contributed by atoms with Crippen LogP contribution in [0.15, 0.2) is 24.3 Å². The van der Waals surface area contributed by atoms with Crippen molar-refractivity contribution in [3.05, 3.63) is 29.8 Å². The summed E-state index contributed by atoms with van der Waals surface area (Å²) in [5.74, 6) is -6.71. The van der Waals surface area contributed by atoms with Gasteiger partial charge in [0.05, 0.1) is 12.5 Å². The van der Waals surface area contributed by atoms with Gasteiger partial charge in [0.1, 0.15) is 29.9 Å². The van der Waals surface area contributed by atoms with Crippen LogP contribution in [-0.4, -0.2) is 93.4 Å². The molecule has 0 saturated carbocycles. The van der Waals surface area contributed by atoms with E-state index >= 15 is 0 Å². The molecule has 1 rings (SSSR count). The maximum absolute atomic E-state index is 13.2. The Morgan fingerprint density at radius 1 is 0.814 bits per heavy atom. The number of aliphatic carboxylic acids is 2. The molecule has 1 aromatic rings. The molecular weight excluding hydrogens is 584 g/mol. The average molecular weight is 627 g/mol. The molecule has 16 heteroatoms. The number of benzene rings is 1. The van der Waals surface area contributed by atoms with Crippen molar-refractivity contribution < 1.29 is 44.1 Å². The van der Waals surface area contributed by atoms with Crippen LogP contribution in [0.1, 0.15) is 45.1 Å². The van der Waals surface area contributed by atoms with Gasteiger partial charge in [0.2, 0.25) is 23.6 Å². The predicted octanol–water partition coefficient (Wildman–Crippen LogP) is -1.52. The quantitative estimate of drug-likeness (QED) is 0.0622. The van der Waals surface area contributed by atoms with E-state index < -0.39 is 78.1 Å². The van der Waals surface area contributed by atoms with E-state index in [0.29, 0.717) is 24.9 Å². The summed E-state index contributed by atoms with van der Waals surface area (Å²) < 4.78 is 0. The molecule has 0 heterocycles. The van der Waals surface area contributed by atoms with Gasteiger partial charge in [-0.15, -0.1) is 0 Å². The van der Waals surface area contributed by atoms with Crippen LogP contribution in [0.2, 0.25) is 0 Å². The molecule has 4 amide bonds. The minimum absolute atomic E-state index is 0.00332. The summed E-state index contributed by atoms with van der Waals surface area (Å²) in [6.45, 7) is 3.50. The predicted molar refractivity (Wildman–Crippen MR) is 159 cm³/mol. The van der Waals surface area contributed by atoms with E-state index in [2.05, 4.69) is 33.9 Å². The Labute approximate surface area is 254 Å². The summed E-state index contributed by atoms with van der Waals surface area (Å²) in [6.07, 6.45) is 0.135. The summed E-state index contributed by atoms with van der Waals surface area (Å²) in [7, 11) is 0. The lowest BCUT2D eigenvalue weighted by molar-refractivity contribution is -0.143. The number of nitrogens with one attached hydrogen (secondary N) is 4. The van der Waals surface area contributed by atoms with Crippen molar-refractivity contribution in [2.24, 2.45) is 17.4 Å². The molecule has 5 atom stereocenters. The molecule has 15 nitrogen and oxygen atoms in total. The van der Waals surface area contributed by atoms with Crippen LogP contribution in [0.4, 0.5) is 0 Å². The van der Waals surface area contributed by atoms with Crippen molar-refractivity contribution in [3.63, 3.8) is 0 Å². The second-order valence-corrected chi connectivity index (χ2v) is 10.7. The molecule has 0 bridgehead atoms. The van der Waals surface area contributed by atoms with Crippen LogP contribution >= 0.6 is 12.6 Å². The highest BCUT2D eigenvalue weighted by Gasteiger charge is 2.34. The smallest absolute Gasteiger partial charge is 0.326 e. The number of rotatable bonds is 19. The first-order valence-corrected chi connectivity index (χ1v) is 14.3. The molecule has 11 N–H and O–H groups in total. The van der Waals surface area contributed by atoms with Crippen molar-refractivity contribution >= 4 is 48.2 Å². The molecule has 1 aromatic carbocycles. The first-order chi connectivity index (χ1) is 20.2. The largest absolute Gasteiger partial charge is 0.508 e. The number of amides is 4. The summed E-state index contributed by atoms with van der Waals surface area (Å²) in [6, 6.07) is -0.762. The fourth-order valence-electron chi connectivity index (χ4n) is 3.90. The van der Waals surface area contributed by atoms with Gasteiger partial charge in [0.15, 0.2) is 0 Å². The van der Waals surface area contributed by atoms with Crippen LogP contribution in [0.3, 0.4) is 0 Å². The number of aromatic hydroxyl groups is 1. The number of phenols is 1. The second kappa shape index (κ2) is 18.6. The van der Waals surface area contributed by atoms with E-state index in [4.69, 9.17) is 11.5 Å². The highest BCUT2D eigenvalue weighted by atomic mass is 32.1. The molecule has 240 valence electrons. The zero-order chi connectivity index (χ0) is 32.7. The maximum Gasteiger partial charge on any atom is 0.326 e.